The van der Waals surface area contributed by atoms with E-state index in [9.17, 15) is 13.2 Å². The Balaban J connectivity index is 2.19. The first-order valence-corrected chi connectivity index (χ1v) is 7.58. The zero-order valence-electron chi connectivity index (χ0n) is 10.8. The Bertz CT molecular complexity index is 638. The maximum absolute atomic E-state index is 12.1. The highest BCUT2D eigenvalue weighted by atomic mass is 32.2. The van der Waals surface area contributed by atoms with Crippen molar-refractivity contribution in [2.24, 2.45) is 11.1 Å². The molecule has 0 bridgehead atoms. The van der Waals surface area contributed by atoms with E-state index >= 15 is 0 Å². The quantitative estimate of drug-likeness (QED) is 0.521. The average molecular weight is 299 g/mol. The zero-order valence-corrected chi connectivity index (χ0v) is 11.6. The van der Waals surface area contributed by atoms with E-state index in [-0.39, 0.29) is 34.7 Å². The molecule has 0 aromatic heterocycles. The molecule has 110 valence electrons. The van der Waals surface area contributed by atoms with Crippen molar-refractivity contribution in [3.63, 3.8) is 0 Å². The number of hydrogen-bond acceptors (Lipinski definition) is 5. The van der Waals surface area contributed by atoms with Crippen LogP contribution in [0.5, 0.6) is 0 Å². The summed E-state index contributed by atoms with van der Waals surface area (Å²) in [6.45, 7) is 0.120. The summed E-state index contributed by atoms with van der Waals surface area (Å²) in [5, 5.41) is 9.17. The van der Waals surface area contributed by atoms with Gasteiger partial charge in [0.15, 0.2) is 0 Å². The van der Waals surface area contributed by atoms with E-state index in [1.54, 1.807) is 0 Å². The molecule has 0 aliphatic heterocycles. The number of nitrogens with one attached hydrogen (secondary N) is 1. The molecule has 7 nitrogen and oxygen atoms in total. The molecule has 1 aromatic carbocycles. The van der Waals surface area contributed by atoms with Gasteiger partial charge in [-0.3, -0.25) is 4.79 Å². The van der Waals surface area contributed by atoms with Gasteiger partial charge in [0, 0.05) is 24.1 Å². The lowest BCUT2D eigenvalue weighted by Gasteiger charge is -2.14. The highest BCUT2D eigenvalue weighted by molar-refractivity contribution is 7.89. The lowest BCUT2D eigenvalue weighted by atomic mass is 10.1. The van der Waals surface area contributed by atoms with Crippen LogP contribution in [0, 0.1) is 5.41 Å². The molecule has 1 saturated carbocycles. The number of benzene rings is 1. The summed E-state index contributed by atoms with van der Waals surface area (Å²) in [7, 11) is -3.77. The Morgan fingerprint density at radius 3 is 2.50 bits per heavy atom. The van der Waals surface area contributed by atoms with E-state index in [1.807, 2.05) is 0 Å². The van der Waals surface area contributed by atoms with Crippen LogP contribution in [0.4, 0.5) is 5.69 Å². The third kappa shape index (κ3) is 2.92. The summed E-state index contributed by atoms with van der Waals surface area (Å²) in [6.07, 6.45) is 1.59. The molecule has 8 heteroatoms. The molecule has 0 atom stereocenters. The lowest BCUT2D eigenvalue weighted by Crippen LogP contribution is -2.32. The molecule has 1 aromatic rings. The van der Waals surface area contributed by atoms with Gasteiger partial charge in [0.05, 0.1) is 5.69 Å². The minimum atomic E-state index is -3.77. The first kappa shape index (κ1) is 14.8. The van der Waals surface area contributed by atoms with Gasteiger partial charge < -0.3 is 16.6 Å². The Morgan fingerprint density at radius 2 is 2.05 bits per heavy atom. The standard InChI is InChI=1S/C12H17N3O4S/c13-9-5-8(11(14)17)1-2-10(9)20(18,19)15-6-12(7-16)3-4-12/h1-2,5,15-16H,3-4,6-7,13H2,(H2,14,17). The molecule has 0 radical (unpaired) electrons. The first-order valence-electron chi connectivity index (χ1n) is 6.10. The molecule has 1 aliphatic carbocycles. The van der Waals surface area contributed by atoms with E-state index in [4.69, 9.17) is 16.6 Å². The van der Waals surface area contributed by atoms with Crippen molar-refractivity contribution in [1.82, 2.24) is 4.72 Å². The molecule has 0 saturated heterocycles. The molecule has 0 spiro atoms. The van der Waals surface area contributed by atoms with Crippen LogP contribution in [-0.2, 0) is 10.0 Å². The number of carbonyl (C=O) groups excluding carboxylic acids is 1. The summed E-state index contributed by atoms with van der Waals surface area (Å²) < 4.78 is 26.7. The molecular weight excluding hydrogens is 282 g/mol. The molecule has 1 aliphatic rings. The predicted octanol–water partition coefficient (Wildman–Crippen LogP) is -0.581. The molecular formula is C12H17N3O4S. The number of hydrogen-bond donors (Lipinski definition) is 4. The molecule has 20 heavy (non-hydrogen) atoms. The van der Waals surface area contributed by atoms with Gasteiger partial charge in [0.1, 0.15) is 4.90 Å². The monoisotopic (exact) mass is 299 g/mol. The van der Waals surface area contributed by atoms with Crippen molar-refractivity contribution in [2.45, 2.75) is 17.7 Å². The van der Waals surface area contributed by atoms with Crippen LogP contribution in [0.2, 0.25) is 0 Å². The number of primary amides is 1. The summed E-state index contributed by atoms with van der Waals surface area (Å²) in [5.74, 6) is -0.675. The normalized spacial score (nSPS) is 16.9. The van der Waals surface area contributed by atoms with Crippen molar-refractivity contribution in [3.05, 3.63) is 23.8 Å². The number of aliphatic hydroxyl groups is 1. The first-order chi connectivity index (χ1) is 9.30. The number of anilines is 1. The summed E-state index contributed by atoms with van der Waals surface area (Å²) >= 11 is 0. The minimum Gasteiger partial charge on any atom is -0.398 e. The molecule has 1 fully saturated rings. The van der Waals surface area contributed by atoms with Gasteiger partial charge in [-0.25, -0.2) is 13.1 Å². The van der Waals surface area contributed by atoms with Gasteiger partial charge in [-0.2, -0.15) is 0 Å². The van der Waals surface area contributed by atoms with Gasteiger partial charge in [0.2, 0.25) is 15.9 Å². The number of amides is 1. The molecule has 2 rings (SSSR count). The van der Waals surface area contributed by atoms with E-state index in [0.29, 0.717) is 0 Å². The second-order valence-electron chi connectivity index (χ2n) is 5.10. The number of sulfonamides is 1. The van der Waals surface area contributed by atoms with Gasteiger partial charge in [0.25, 0.3) is 0 Å². The molecule has 1 amide bonds. The average Bonchev–Trinajstić information content (AvgIpc) is 3.17. The topological polar surface area (TPSA) is 136 Å². The van der Waals surface area contributed by atoms with Crippen LogP contribution in [0.25, 0.3) is 0 Å². The second-order valence-corrected chi connectivity index (χ2v) is 6.83. The molecule has 0 heterocycles. The summed E-state index contributed by atoms with van der Waals surface area (Å²) in [6, 6.07) is 3.79. The predicted molar refractivity (Wildman–Crippen MR) is 73.3 cm³/mol. The zero-order chi connectivity index (χ0) is 15.0. The van der Waals surface area contributed by atoms with Crippen molar-refractivity contribution >= 4 is 21.6 Å². The minimum absolute atomic E-state index is 0.0392. The smallest absolute Gasteiger partial charge is 0.248 e. The van der Waals surface area contributed by atoms with Crippen LogP contribution >= 0.6 is 0 Å². The molecule has 0 unspecified atom stereocenters. The van der Waals surface area contributed by atoms with Gasteiger partial charge in [-0.05, 0) is 31.0 Å². The van der Waals surface area contributed by atoms with E-state index < -0.39 is 15.9 Å². The number of carbonyl (C=O) groups is 1. The number of rotatable bonds is 6. The third-order valence-corrected chi connectivity index (χ3v) is 4.99. The number of nitrogen functional groups attached to an aromatic ring is 1. The van der Waals surface area contributed by atoms with Crippen LogP contribution in [-0.4, -0.2) is 32.6 Å². The summed E-state index contributed by atoms with van der Waals surface area (Å²) in [4.78, 5) is 10.9. The number of aliphatic hydroxyl groups excluding tert-OH is 1. The SMILES string of the molecule is NC(=O)c1ccc(S(=O)(=O)NCC2(CO)CC2)c(N)c1. The van der Waals surface area contributed by atoms with Crippen molar-refractivity contribution in [1.29, 1.82) is 0 Å². The fourth-order valence-electron chi connectivity index (χ4n) is 1.84. The van der Waals surface area contributed by atoms with E-state index in [2.05, 4.69) is 4.72 Å². The van der Waals surface area contributed by atoms with Crippen LogP contribution < -0.4 is 16.2 Å². The second kappa shape index (κ2) is 5.04. The maximum atomic E-state index is 12.1. The fraction of sp³-hybridized carbons (Fsp3) is 0.417. The lowest BCUT2D eigenvalue weighted by molar-refractivity contribution is 0.1000. The number of nitrogens with two attached hydrogens (primary N) is 2. The fourth-order valence-corrected chi connectivity index (χ4v) is 3.11. The van der Waals surface area contributed by atoms with Gasteiger partial charge in [-0.1, -0.05) is 0 Å². The van der Waals surface area contributed by atoms with Crippen LogP contribution in [0.1, 0.15) is 23.2 Å². The van der Waals surface area contributed by atoms with Crippen molar-refractivity contribution < 1.29 is 18.3 Å². The van der Waals surface area contributed by atoms with Crippen molar-refractivity contribution in [2.75, 3.05) is 18.9 Å². The Morgan fingerprint density at radius 1 is 1.40 bits per heavy atom. The van der Waals surface area contributed by atoms with Gasteiger partial charge >= 0.3 is 0 Å². The highest BCUT2D eigenvalue weighted by Gasteiger charge is 2.42. The maximum Gasteiger partial charge on any atom is 0.248 e. The Hall–Kier alpha value is -1.64. The van der Waals surface area contributed by atoms with E-state index in [0.717, 1.165) is 12.8 Å². The summed E-state index contributed by atoms with van der Waals surface area (Å²) in [5.41, 5.74) is 10.5. The van der Waals surface area contributed by atoms with Gasteiger partial charge in [-0.15, -0.1) is 0 Å². The third-order valence-electron chi connectivity index (χ3n) is 3.51. The van der Waals surface area contributed by atoms with Crippen LogP contribution in [0.15, 0.2) is 23.1 Å². The van der Waals surface area contributed by atoms with E-state index in [1.165, 1.54) is 18.2 Å². The van der Waals surface area contributed by atoms with Crippen molar-refractivity contribution in [3.8, 4) is 0 Å². The Labute approximate surface area is 117 Å². The highest BCUT2D eigenvalue weighted by Crippen LogP contribution is 2.44. The largest absolute Gasteiger partial charge is 0.398 e. The molecule has 6 N–H and O–H groups in total. The van der Waals surface area contributed by atoms with Crippen LogP contribution in [0.3, 0.4) is 0 Å². The Kier molecular flexibility index (Phi) is 3.72.